The SMILES string of the molecule is O=C(N[C@@H](C(=O)O)C(c1ccccc1)c1ccccc1)c1ccccc1C(F)(F)F. The molecule has 0 fully saturated rings. The quantitative estimate of drug-likeness (QED) is 0.615. The summed E-state index contributed by atoms with van der Waals surface area (Å²) in [7, 11) is 0. The van der Waals surface area contributed by atoms with Gasteiger partial charge in [-0.05, 0) is 23.3 Å². The molecule has 154 valence electrons. The van der Waals surface area contributed by atoms with Gasteiger partial charge in [0.1, 0.15) is 6.04 Å². The van der Waals surface area contributed by atoms with Gasteiger partial charge in [0.2, 0.25) is 0 Å². The maximum atomic E-state index is 13.3. The first-order valence-corrected chi connectivity index (χ1v) is 9.09. The van der Waals surface area contributed by atoms with Crippen LogP contribution in [-0.2, 0) is 11.0 Å². The number of amides is 1. The highest BCUT2D eigenvalue weighted by atomic mass is 19.4. The molecule has 0 aliphatic rings. The van der Waals surface area contributed by atoms with Crippen molar-refractivity contribution in [1.82, 2.24) is 5.32 Å². The van der Waals surface area contributed by atoms with Crippen LogP contribution in [0.15, 0.2) is 84.9 Å². The van der Waals surface area contributed by atoms with Crippen LogP contribution < -0.4 is 5.32 Å². The molecule has 0 bridgehead atoms. The molecule has 3 aromatic carbocycles. The fourth-order valence-electron chi connectivity index (χ4n) is 3.33. The predicted octanol–water partition coefficient (Wildman–Crippen LogP) is 4.72. The van der Waals surface area contributed by atoms with E-state index < -0.39 is 41.1 Å². The molecular formula is C23H18F3NO3. The third kappa shape index (κ3) is 4.68. The van der Waals surface area contributed by atoms with Gasteiger partial charge in [-0.1, -0.05) is 72.8 Å². The molecule has 7 heteroatoms. The molecule has 0 radical (unpaired) electrons. The van der Waals surface area contributed by atoms with E-state index >= 15 is 0 Å². The number of benzene rings is 3. The standard InChI is InChI=1S/C23H18F3NO3/c24-23(25,26)18-14-8-7-13-17(18)21(28)27-20(22(29)30)19(15-9-3-1-4-10-15)16-11-5-2-6-12-16/h1-14,19-20H,(H,27,28)(H,29,30)/t20-/m1/s1. The summed E-state index contributed by atoms with van der Waals surface area (Å²) >= 11 is 0. The van der Waals surface area contributed by atoms with Gasteiger partial charge in [0.05, 0.1) is 11.1 Å². The smallest absolute Gasteiger partial charge is 0.417 e. The number of rotatable bonds is 6. The molecule has 0 saturated carbocycles. The zero-order valence-corrected chi connectivity index (χ0v) is 15.6. The number of alkyl halides is 3. The number of carboxylic acids is 1. The van der Waals surface area contributed by atoms with Gasteiger partial charge in [-0.2, -0.15) is 13.2 Å². The molecule has 0 saturated heterocycles. The molecule has 4 nitrogen and oxygen atoms in total. The number of hydrogen-bond acceptors (Lipinski definition) is 2. The molecule has 1 atom stereocenters. The van der Waals surface area contributed by atoms with Gasteiger partial charge in [0.25, 0.3) is 5.91 Å². The van der Waals surface area contributed by atoms with Crippen molar-refractivity contribution in [1.29, 1.82) is 0 Å². The number of nitrogens with one attached hydrogen (secondary N) is 1. The number of carbonyl (C=O) groups is 2. The van der Waals surface area contributed by atoms with E-state index in [4.69, 9.17) is 0 Å². The van der Waals surface area contributed by atoms with Crippen LogP contribution in [0.3, 0.4) is 0 Å². The highest BCUT2D eigenvalue weighted by Crippen LogP contribution is 2.33. The van der Waals surface area contributed by atoms with Crippen molar-refractivity contribution in [3.8, 4) is 0 Å². The van der Waals surface area contributed by atoms with E-state index in [1.54, 1.807) is 60.7 Å². The maximum absolute atomic E-state index is 13.3. The van der Waals surface area contributed by atoms with Crippen molar-refractivity contribution >= 4 is 11.9 Å². The Hall–Kier alpha value is -3.61. The van der Waals surface area contributed by atoms with Crippen LogP contribution in [0, 0.1) is 0 Å². The Labute approximate surface area is 171 Å². The summed E-state index contributed by atoms with van der Waals surface area (Å²) in [4.78, 5) is 24.8. The van der Waals surface area contributed by atoms with Crippen molar-refractivity contribution < 1.29 is 27.9 Å². The summed E-state index contributed by atoms with van der Waals surface area (Å²) in [5, 5.41) is 12.2. The summed E-state index contributed by atoms with van der Waals surface area (Å²) < 4.78 is 39.9. The molecular weight excluding hydrogens is 395 g/mol. The normalized spacial score (nSPS) is 12.4. The molecule has 0 unspecified atom stereocenters. The monoisotopic (exact) mass is 413 g/mol. The van der Waals surface area contributed by atoms with Crippen molar-refractivity contribution in [3.05, 3.63) is 107 Å². The molecule has 1 amide bonds. The lowest BCUT2D eigenvalue weighted by Gasteiger charge is -2.26. The maximum Gasteiger partial charge on any atom is 0.417 e. The molecule has 3 rings (SSSR count). The summed E-state index contributed by atoms with van der Waals surface area (Å²) in [6, 6.07) is 20.1. The highest BCUT2D eigenvalue weighted by molar-refractivity contribution is 5.98. The minimum absolute atomic E-state index is 0.612. The average Bonchev–Trinajstić information content (AvgIpc) is 2.74. The molecule has 0 spiro atoms. The van der Waals surface area contributed by atoms with Crippen LogP contribution >= 0.6 is 0 Å². The van der Waals surface area contributed by atoms with E-state index in [0.717, 1.165) is 12.1 Å². The van der Waals surface area contributed by atoms with E-state index in [-0.39, 0.29) is 0 Å². The Morgan fingerprint density at radius 3 is 1.70 bits per heavy atom. The van der Waals surface area contributed by atoms with Crippen molar-refractivity contribution in [2.24, 2.45) is 0 Å². The second-order valence-electron chi connectivity index (χ2n) is 6.63. The molecule has 0 aliphatic heterocycles. The topological polar surface area (TPSA) is 66.4 Å². The van der Waals surface area contributed by atoms with Crippen molar-refractivity contribution in [2.75, 3.05) is 0 Å². The lowest BCUT2D eigenvalue weighted by molar-refractivity contribution is -0.139. The van der Waals surface area contributed by atoms with Crippen molar-refractivity contribution in [3.63, 3.8) is 0 Å². The number of carboxylic acid groups (broad SMARTS) is 1. The van der Waals surface area contributed by atoms with Gasteiger partial charge in [-0.15, -0.1) is 0 Å². The van der Waals surface area contributed by atoms with Crippen molar-refractivity contribution in [2.45, 2.75) is 18.1 Å². The molecule has 30 heavy (non-hydrogen) atoms. The molecule has 0 aromatic heterocycles. The van der Waals surface area contributed by atoms with E-state index in [1.807, 2.05) is 0 Å². The molecule has 0 aliphatic carbocycles. The third-order valence-corrected chi connectivity index (χ3v) is 4.68. The van der Waals surface area contributed by atoms with Gasteiger partial charge in [-0.25, -0.2) is 4.79 Å². The number of hydrogen-bond donors (Lipinski definition) is 2. The fraction of sp³-hybridized carbons (Fsp3) is 0.130. The Morgan fingerprint density at radius 1 is 0.767 bits per heavy atom. The number of halogens is 3. The Morgan fingerprint density at radius 2 is 1.23 bits per heavy atom. The third-order valence-electron chi connectivity index (χ3n) is 4.68. The van der Waals surface area contributed by atoms with Crippen LogP contribution in [0.25, 0.3) is 0 Å². The Balaban J connectivity index is 2.02. The minimum atomic E-state index is -4.75. The highest BCUT2D eigenvalue weighted by Gasteiger charge is 2.37. The van der Waals surface area contributed by atoms with Gasteiger partial charge in [0, 0.05) is 5.92 Å². The number of aliphatic carboxylic acids is 1. The minimum Gasteiger partial charge on any atom is -0.480 e. The van der Waals surface area contributed by atoms with Gasteiger partial charge >= 0.3 is 12.1 Å². The largest absolute Gasteiger partial charge is 0.480 e. The molecule has 2 N–H and O–H groups in total. The Bertz CT molecular complexity index is 981. The second kappa shape index (κ2) is 8.82. The lowest BCUT2D eigenvalue weighted by Crippen LogP contribution is -2.45. The first kappa shape index (κ1) is 21.1. The van der Waals surface area contributed by atoms with Crippen LogP contribution in [0.2, 0.25) is 0 Å². The van der Waals surface area contributed by atoms with E-state index in [9.17, 15) is 27.9 Å². The zero-order chi connectivity index (χ0) is 21.7. The first-order valence-electron chi connectivity index (χ1n) is 9.09. The van der Waals surface area contributed by atoms with E-state index in [2.05, 4.69) is 5.32 Å². The second-order valence-corrected chi connectivity index (χ2v) is 6.63. The molecule has 3 aromatic rings. The van der Waals surface area contributed by atoms with E-state index in [0.29, 0.717) is 11.1 Å². The summed E-state index contributed by atoms with van der Waals surface area (Å²) in [6.07, 6.45) is -4.75. The zero-order valence-electron chi connectivity index (χ0n) is 15.6. The van der Waals surface area contributed by atoms with Crippen LogP contribution in [0.5, 0.6) is 0 Å². The first-order chi connectivity index (χ1) is 14.3. The van der Waals surface area contributed by atoms with Gasteiger partial charge in [0.15, 0.2) is 0 Å². The van der Waals surface area contributed by atoms with Crippen LogP contribution in [0.1, 0.15) is 33.0 Å². The average molecular weight is 413 g/mol. The summed E-state index contributed by atoms with van der Waals surface area (Å²) in [5.74, 6) is -3.26. The lowest BCUT2D eigenvalue weighted by atomic mass is 9.84. The van der Waals surface area contributed by atoms with E-state index in [1.165, 1.54) is 12.1 Å². The Kier molecular flexibility index (Phi) is 6.20. The van der Waals surface area contributed by atoms with Gasteiger partial charge < -0.3 is 10.4 Å². The fourth-order valence-corrected chi connectivity index (χ4v) is 3.33. The predicted molar refractivity (Wildman–Crippen MR) is 105 cm³/mol. The van der Waals surface area contributed by atoms with Gasteiger partial charge in [-0.3, -0.25) is 4.79 Å². The van der Waals surface area contributed by atoms with Crippen LogP contribution in [0.4, 0.5) is 13.2 Å². The summed E-state index contributed by atoms with van der Waals surface area (Å²) in [5.41, 5.74) is -0.528. The molecule has 0 heterocycles. The summed E-state index contributed by atoms with van der Waals surface area (Å²) in [6.45, 7) is 0. The van der Waals surface area contributed by atoms with Crippen LogP contribution in [-0.4, -0.2) is 23.0 Å². The number of carbonyl (C=O) groups excluding carboxylic acids is 1.